The molecule has 0 radical (unpaired) electrons. The molecule has 8 aromatic rings. The third-order valence-corrected chi connectivity index (χ3v) is 10.2. The standard InChI is InChI=1S/2C24H17NO2/c2*26-24-19-15-18-13-7-8-14-20(18)25-22(19)21(16-9-3-1-4-10-16)23(27-24)17-11-5-2-6-12-17/h2*1-15,21,23H/t2*21-,23+/m11/s1. The topological polar surface area (TPSA) is 78.4 Å². The SMILES string of the molecule is O=C1O[C@@H](c2ccccc2)[C@H](c2ccccc2)c2nc3ccccc3cc21.O=C1O[C@@H](c2ccccc2)[C@H](c2ccccc2)c2nc3ccccc3cc21. The lowest BCUT2D eigenvalue weighted by Crippen LogP contribution is -2.28. The number of fused-ring (bicyclic) bond motifs is 4. The zero-order valence-corrected chi connectivity index (χ0v) is 29.2. The van der Waals surface area contributed by atoms with Crippen molar-refractivity contribution in [3.05, 3.63) is 227 Å². The smallest absolute Gasteiger partial charge is 0.340 e. The molecule has 10 rings (SSSR count). The molecule has 0 saturated carbocycles. The van der Waals surface area contributed by atoms with Crippen LogP contribution in [-0.4, -0.2) is 21.9 Å². The van der Waals surface area contributed by atoms with Crippen LogP contribution in [0.1, 0.15) is 78.4 Å². The number of ether oxygens (including phenoxy) is 2. The highest BCUT2D eigenvalue weighted by Crippen LogP contribution is 2.46. The lowest BCUT2D eigenvalue weighted by molar-refractivity contribution is 0.0190. The van der Waals surface area contributed by atoms with E-state index in [4.69, 9.17) is 19.4 Å². The highest BCUT2D eigenvalue weighted by molar-refractivity contribution is 5.97. The third kappa shape index (κ3) is 6.18. The van der Waals surface area contributed by atoms with Crippen molar-refractivity contribution in [3.63, 3.8) is 0 Å². The molecule has 0 bridgehead atoms. The number of hydrogen-bond acceptors (Lipinski definition) is 6. The fraction of sp³-hybridized carbons (Fsp3) is 0.0833. The van der Waals surface area contributed by atoms with Crippen LogP contribution < -0.4 is 0 Å². The van der Waals surface area contributed by atoms with Crippen molar-refractivity contribution < 1.29 is 19.1 Å². The van der Waals surface area contributed by atoms with Crippen LogP contribution in [0, 0.1) is 0 Å². The first-order valence-electron chi connectivity index (χ1n) is 18.0. The Hall–Kier alpha value is -6.92. The van der Waals surface area contributed by atoms with Crippen LogP contribution in [0.5, 0.6) is 0 Å². The van der Waals surface area contributed by atoms with Gasteiger partial charge in [0, 0.05) is 10.8 Å². The predicted octanol–water partition coefficient (Wildman–Crippen LogP) is 10.6. The second-order valence-corrected chi connectivity index (χ2v) is 13.5. The Morgan fingerprint density at radius 1 is 0.370 bits per heavy atom. The van der Waals surface area contributed by atoms with Crippen molar-refractivity contribution in [3.8, 4) is 0 Å². The van der Waals surface area contributed by atoms with Gasteiger partial charge in [-0.25, -0.2) is 9.59 Å². The fourth-order valence-electron chi connectivity index (χ4n) is 7.64. The number of pyridine rings is 2. The molecule has 2 aliphatic heterocycles. The van der Waals surface area contributed by atoms with E-state index in [1.165, 1.54) is 0 Å². The maximum atomic E-state index is 12.8. The van der Waals surface area contributed by atoms with Crippen molar-refractivity contribution in [1.82, 2.24) is 9.97 Å². The number of hydrogen-bond donors (Lipinski definition) is 0. The second-order valence-electron chi connectivity index (χ2n) is 13.5. The molecule has 0 N–H and O–H groups in total. The Balaban J connectivity index is 0.000000142. The van der Waals surface area contributed by atoms with Gasteiger partial charge < -0.3 is 9.47 Å². The number of rotatable bonds is 4. The molecule has 0 amide bonds. The number of nitrogens with zero attached hydrogens (tertiary/aromatic N) is 2. The van der Waals surface area contributed by atoms with Gasteiger partial charge in [-0.05, 0) is 46.5 Å². The van der Waals surface area contributed by atoms with Gasteiger partial charge in [-0.15, -0.1) is 0 Å². The number of esters is 2. The number of carbonyl (C=O) groups excluding carboxylic acids is 2. The Morgan fingerprint density at radius 3 is 1.06 bits per heavy atom. The van der Waals surface area contributed by atoms with E-state index in [9.17, 15) is 9.59 Å². The van der Waals surface area contributed by atoms with Gasteiger partial charge in [-0.3, -0.25) is 9.97 Å². The number of para-hydroxylation sites is 2. The quantitative estimate of drug-likeness (QED) is 0.170. The van der Waals surface area contributed by atoms with Crippen LogP contribution in [0.3, 0.4) is 0 Å². The first-order chi connectivity index (χ1) is 26.6. The molecule has 54 heavy (non-hydrogen) atoms. The van der Waals surface area contributed by atoms with Crippen LogP contribution in [0.15, 0.2) is 182 Å². The lowest BCUT2D eigenvalue weighted by atomic mass is 9.82. The molecule has 6 nitrogen and oxygen atoms in total. The Labute approximate surface area is 312 Å². The summed E-state index contributed by atoms with van der Waals surface area (Å²) in [5.41, 5.74) is 8.56. The minimum absolute atomic E-state index is 0.147. The molecule has 0 saturated heterocycles. The van der Waals surface area contributed by atoms with Gasteiger partial charge in [0.1, 0.15) is 12.2 Å². The molecule has 6 aromatic carbocycles. The predicted molar refractivity (Wildman–Crippen MR) is 209 cm³/mol. The average Bonchev–Trinajstić information content (AvgIpc) is 3.24. The van der Waals surface area contributed by atoms with Gasteiger partial charge in [-0.2, -0.15) is 0 Å². The summed E-state index contributed by atoms with van der Waals surface area (Å²) in [6, 6.07) is 59.6. The summed E-state index contributed by atoms with van der Waals surface area (Å²) in [4.78, 5) is 35.5. The summed E-state index contributed by atoms with van der Waals surface area (Å²) in [6.45, 7) is 0. The third-order valence-electron chi connectivity index (χ3n) is 10.2. The number of cyclic esters (lactones) is 2. The maximum absolute atomic E-state index is 12.8. The minimum Gasteiger partial charge on any atom is -0.453 e. The summed E-state index contributed by atoms with van der Waals surface area (Å²) < 4.78 is 11.9. The molecule has 260 valence electrons. The Morgan fingerprint density at radius 2 is 0.685 bits per heavy atom. The number of benzene rings is 6. The van der Waals surface area contributed by atoms with Crippen LogP contribution in [0.4, 0.5) is 0 Å². The van der Waals surface area contributed by atoms with Crippen LogP contribution in [0.25, 0.3) is 21.8 Å². The molecule has 0 spiro atoms. The highest BCUT2D eigenvalue weighted by Gasteiger charge is 2.40. The summed E-state index contributed by atoms with van der Waals surface area (Å²) in [5.74, 6) is -0.926. The van der Waals surface area contributed by atoms with Gasteiger partial charge in [-0.1, -0.05) is 158 Å². The minimum atomic E-state index is -0.401. The molecule has 4 heterocycles. The van der Waals surface area contributed by atoms with E-state index in [1.54, 1.807) is 0 Å². The van der Waals surface area contributed by atoms with Crippen molar-refractivity contribution in [2.45, 2.75) is 24.0 Å². The van der Waals surface area contributed by atoms with E-state index in [0.29, 0.717) is 11.1 Å². The van der Waals surface area contributed by atoms with E-state index in [-0.39, 0.29) is 23.8 Å². The van der Waals surface area contributed by atoms with E-state index in [1.807, 2.05) is 158 Å². The Kier molecular flexibility index (Phi) is 8.69. The first-order valence-corrected chi connectivity index (χ1v) is 18.0. The number of aromatic nitrogens is 2. The highest BCUT2D eigenvalue weighted by atomic mass is 16.5. The monoisotopic (exact) mass is 702 g/mol. The van der Waals surface area contributed by atoms with Gasteiger partial charge in [0.25, 0.3) is 0 Å². The zero-order valence-electron chi connectivity index (χ0n) is 29.2. The van der Waals surface area contributed by atoms with Crippen LogP contribution in [0.2, 0.25) is 0 Å². The normalized spacial score (nSPS) is 18.7. The van der Waals surface area contributed by atoms with Gasteiger partial charge in [0.2, 0.25) is 0 Å². The van der Waals surface area contributed by atoms with Crippen LogP contribution in [-0.2, 0) is 9.47 Å². The molecule has 6 heteroatoms. The van der Waals surface area contributed by atoms with Crippen molar-refractivity contribution in [2.24, 2.45) is 0 Å². The summed E-state index contributed by atoms with van der Waals surface area (Å²) in [5, 5.41) is 1.89. The molecule has 2 aliphatic rings. The molecule has 4 atom stereocenters. The summed E-state index contributed by atoms with van der Waals surface area (Å²) in [6.07, 6.45) is -0.801. The average molecular weight is 703 g/mol. The van der Waals surface area contributed by atoms with Crippen molar-refractivity contribution in [2.75, 3.05) is 0 Å². The molecule has 0 unspecified atom stereocenters. The molecule has 2 aromatic heterocycles. The van der Waals surface area contributed by atoms with Gasteiger partial charge in [0.15, 0.2) is 0 Å². The molecule has 0 aliphatic carbocycles. The van der Waals surface area contributed by atoms with E-state index in [2.05, 4.69) is 24.3 Å². The van der Waals surface area contributed by atoms with Crippen molar-refractivity contribution >= 4 is 33.7 Å². The largest absolute Gasteiger partial charge is 0.453 e. The Bertz CT molecular complexity index is 2430. The van der Waals surface area contributed by atoms with Crippen LogP contribution >= 0.6 is 0 Å². The second kappa shape index (κ2) is 14.2. The molecular formula is C48H34N2O4. The van der Waals surface area contributed by atoms with E-state index in [0.717, 1.165) is 55.4 Å². The zero-order chi connectivity index (χ0) is 36.4. The van der Waals surface area contributed by atoms with E-state index < -0.39 is 12.2 Å². The number of carbonyl (C=O) groups is 2. The summed E-state index contributed by atoms with van der Waals surface area (Å²) >= 11 is 0. The lowest BCUT2D eigenvalue weighted by Gasteiger charge is -2.33. The maximum Gasteiger partial charge on any atom is 0.340 e. The van der Waals surface area contributed by atoms with E-state index >= 15 is 0 Å². The molecular weight excluding hydrogens is 669 g/mol. The summed E-state index contributed by atoms with van der Waals surface area (Å²) in [7, 11) is 0. The fourth-order valence-corrected chi connectivity index (χ4v) is 7.64. The van der Waals surface area contributed by atoms with Gasteiger partial charge >= 0.3 is 11.9 Å². The molecule has 0 fully saturated rings. The van der Waals surface area contributed by atoms with Crippen molar-refractivity contribution in [1.29, 1.82) is 0 Å². The van der Waals surface area contributed by atoms with Gasteiger partial charge in [0.05, 0.1) is 45.4 Å². The first kappa shape index (κ1) is 33.0.